The summed E-state index contributed by atoms with van der Waals surface area (Å²) < 4.78 is 6.42. The largest absolute Gasteiger partial charge is 0.484 e. The van der Waals surface area contributed by atoms with Crippen molar-refractivity contribution in [3.8, 4) is 17.0 Å². The van der Waals surface area contributed by atoms with Crippen molar-refractivity contribution in [3.63, 3.8) is 0 Å². The minimum absolute atomic E-state index is 0.0554. The molecule has 3 rings (SSSR count). The highest BCUT2D eigenvalue weighted by atomic mass is 79.9. The molecule has 0 aliphatic rings. The molecular formula is C19H17BrN2O2S. The van der Waals surface area contributed by atoms with Crippen LogP contribution in [-0.2, 0) is 4.79 Å². The summed E-state index contributed by atoms with van der Waals surface area (Å²) in [5.41, 5.74) is 4.37. The average Bonchev–Trinajstić information content (AvgIpc) is 3.05. The smallest absolute Gasteiger partial charge is 0.264 e. The number of anilines is 1. The molecule has 1 N–H and O–H groups in total. The SMILES string of the molecule is Cc1ccc(-c2csc(NC(=O)COc3ccc(Br)cc3)n2)cc1C. The molecule has 0 bridgehead atoms. The van der Waals surface area contributed by atoms with Gasteiger partial charge in [-0.15, -0.1) is 11.3 Å². The summed E-state index contributed by atoms with van der Waals surface area (Å²) in [4.78, 5) is 16.5. The lowest BCUT2D eigenvalue weighted by Gasteiger charge is -2.06. The van der Waals surface area contributed by atoms with E-state index in [0.29, 0.717) is 10.9 Å². The van der Waals surface area contributed by atoms with Crippen LogP contribution in [0.5, 0.6) is 5.75 Å². The fraction of sp³-hybridized carbons (Fsp3) is 0.158. The molecule has 6 heteroatoms. The van der Waals surface area contributed by atoms with Crippen LogP contribution in [0.2, 0.25) is 0 Å². The first-order chi connectivity index (χ1) is 12.0. The van der Waals surface area contributed by atoms with Crippen LogP contribution in [0.3, 0.4) is 0 Å². The van der Waals surface area contributed by atoms with E-state index in [2.05, 4.69) is 52.2 Å². The highest BCUT2D eigenvalue weighted by Gasteiger charge is 2.09. The molecule has 4 nitrogen and oxygen atoms in total. The van der Waals surface area contributed by atoms with Crippen molar-refractivity contribution >= 4 is 38.3 Å². The van der Waals surface area contributed by atoms with Gasteiger partial charge in [0, 0.05) is 15.4 Å². The summed E-state index contributed by atoms with van der Waals surface area (Å²) in [7, 11) is 0. The van der Waals surface area contributed by atoms with Gasteiger partial charge in [-0.25, -0.2) is 4.98 Å². The van der Waals surface area contributed by atoms with Gasteiger partial charge in [0.15, 0.2) is 11.7 Å². The Balaban J connectivity index is 1.59. The predicted molar refractivity (Wildman–Crippen MR) is 105 cm³/mol. The average molecular weight is 417 g/mol. The van der Waals surface area contributed by atoms with Crippen molar-refractivity contribution in [1.82, 2.24) is 4.98 Å². The first kappa shape index (κ1) is 17.6. The van der Waals surface area contributed by atoms with Gasteiger partial charge >= 0.3 is 0 Å². The molecule has 0 saturated carbocycles. The van der Waals surface area contributed by atoms with E-state index in [1.54, 1.807) is 12.1 Å². The van der Waals surface area contributed by atoms with Crippen molar-refractivity contribution in [2.75, 3.05) is 11.9 Å². The van der Waals surface area contributed by atoms with Gasteiger partial charge in [-0.2, -0.15) is 0 Å². The number of hydrogen-bond acceptors (Lipinski definition) is 4. The lowest BCUT2D eigenvalue weighted by molar-refractivity contribution is -0.118. The van der Waals surface area contributed by atoms with Crippen molar-refractivity contribution in [1.29, 1.82) is 0 Å². The molecule has 0 saturated heterocycles. The van der Waals surface area contributed by atoms with Crippen LogP contribution in [0.1, 0.15) is 11.1 Å². The number of amides is 1. The van der Waals surface area contributed by atoms with E-state index in [0.717, 1.165) is 15.7 Å². The van der Waals surface area contributed by atoms with Crippen molar-refractivity contribution in [2.24, 2.45) is 0 Å². The van der Waals surface area contributed by atoms with Gasteiger partial charge in [-0.3, -0.25) is 10.1 Å². The van der Waals surface area contributed by atoms with Crippen molar-refractivity contribution in [2.45, 2.75) is 13.8 Å². The Hall–Kier alpha value is -2.18. The van der Waals surface area contributed by atoms with Gasteiger partial charge in [0.1, 0.15) is 5.75 Å². The number of hydrogen-bond donors (Lipinski definition) is 1. The molecule has 0 atom stereocenters. The maximum Gasteiger partial charge on any atom is 0.264 e. The molecule has 3 aromatic rings. The molecule has 1 heterocycles. The van der Waals surface area contributed by atoms with E-state index in [9.17, 15) is 4.79 Å². The molecule has 0 spiro atoms. The Morgan fingerprint density at radius 2 is 1.92 bits per heavy atom. The van der Waals surface area contributed by atoms with E-state index in [1.165, 1.54) is 22.5 Å². The van der Waals surface area contributed by atoms with Crippen LogP contribution < -0.4 is 10.1 Å². The molecule has 128 valence electrons. The van der Waals surface area contributed by atoms with E-state index in [1.807, 2.05) is 23.6 Å². The maximum atomic E-state index is 12.0. The lowest BCUT2D eigenvalue weighted by Crippen LogP contribution is -2.20. The fourth-order valence-corrected chi connectivity index (χ4v) is 3.20. The monoisotopic (exact) mass is 416 g/mol. The Labute approximate surface area is 159 Å². The fourth-order valence-electron chi connectivity index (χ4n) is 2.20. The molecule has 0 aliphatic carbocycles. The number of aryl methyl sites for hydroxylation is 2. The van der Waals surface area contributed by atoms with Crippen LogP contribution in [-0.4, -0.2) is 17.5 Å². The van der Waals surface area contributed by atoms with Gasteiger partial charge in [-0.05, 0) is 55.3 Å². The van der Waals surface area contributed by atoms with E-state index in [4.69, 9.17) is 4.74 Å². The number of carbonyl (C=O) groups is 1. The second-order valence-electron chi connectivity index (χ2n) is 5.63. The van der Waals surface area contributed by atoms with E-state index in [-0.39, 0.29) is 12.5 Å². The number of thiazole rings is 1. The predicted octanol–water partition coefficient (Wildman–Crippen LogP) is 5.21. The summed E-state index contributed by atoms with van der Waals surface area (Å²) >= 11 is 4.76. The van der Waals surface area contributed by atoms with Crippen molar-refractivity contribution < 1.29 is 9.53 Å². The van der Waals surface area contributed by atoms with Crippen LogP contribution in [0, 0.1) is 13.8 Å². The quantitative estimate of drug-likeness (QED) is 0.620. The van der Waals surface area contributed by atoms with Crippen LogP contribution in [0.25, 0.3) is 11.3 Å². The second kappa shape index (κ2) is 7.80. The first-order valence-electron chi connectivity index (χ1n) is 7.72. The highest BCUT2D eigenvalue weighted by molar-refractivity contribution is 9.10. The first-order valence-corrected chi connectivity index (χ1v) is 9.40. The standard InChI is InChI=1S/C19H17BrN2O2S/c1-12-3-4-14(9-13(12)2)17-11-25-19(21-17)22-18(23)10-24-16-7-5-15(20)6-8-16/h3-9,11H,10H2,1-2H3,(H,21,22,23). The Bertz CT molecular complexity index is 891. The third-order valence-corrected chi connectivity index (χ3v) is 5.02. The molecular weight excluding hydrogens is 400 g/mol. The Morgan fingerprint density at radius 1 is 1.16 bits per heavy atom. The van der Waals surface area contributed by atoms with E-state index >= 15 is 0 Å². The van der Waals surface area contributed by atoms with E-state index < -0.39 is 0 Å². The molecule has 0 fully saturated rings. The third kappa shape index (κ3) is 4.67. The summed E-state index contributed by atoms with van der Waals surface area (Å²) in [6, 6.07) is 13.6. The van der Waals surface area contributed by atoms with Gasteiger partial charge < -0.3 is 4.74 Å². The number of carbonyl (C=O) groups excluding carboxylic acids is 1. The number of rotatable bonds is 5. The molecule has 1 amide bonds. The number of benzene rings is 2. The number of ether oxygens (including phenoxy) is 1. The minimum atomic E-state index is -0.232. The minimum Gasteiger partial charge on any atom is -0.484 e. The highest BCUT2D eigenvalue weighted by Crippen LogP contribution is 2.26. The summed E-state index contributed by atoms with van der Waals surface area (Å²) in [5, 5.41) is 5.28. The van der Waals surface area contributed by atoms with Gasteiger partial charge in [0.2, 0.25) is 0 Å². The molecule has 0 radical (unpaired) electrons. The van der Waals surface area contributed by atoms with Gasteiger partial charge in [0.05, 0.1) is 5.69 Å². The summed E-state index contributed by atoms with van der Waals surface area (Å²) in [6.07, 6.45) is 0. The lowest BCUT2D eigenvalue weighted by atomic mass is 10.1. The molecule has 0 aliphatic heterocycles. The number of aromatic nitrogens is 1. The van der Waals surface area contributed by atoms with Crippen molar-refractivity contribution in [3.05, 3.63) is 63.4 Å². The van der Waals surface area contributed by atoms with Crippen LogP contribution in [0.4, 0.5) is 5.13 Å². The Kier molecular flexibility index (Phi) is 5.50. The van der Waals surface area contributed by atoms with Gasteiger partial charge in [-0.1, -0.05) is 28.1 Å². The third-order valence-electron chi connectivity index (χ3n) is 3.74. The maximum absolute atomic E-state index is 12.0. The zero-order valence-electron chi connectivity index (χ0n) is 13.9. The topological polar surface area (TPSA) is 51.2 Å². The normalized spacial score (nSPS) is 10.5. The number of nitrogens with zero attached hydrogens (tertiary/aromatic N) is 1. The zero-order valence-corrected chi connectivity index (χ0v) is 16.3. The second-order valence-corrected chi connectivity index (χ2v) is 7.40. The van der Waals surface area contributed by atoms with Gasteiger partial charge in [0.25, 0.3) is 5.91 Å². The molecule has 1 aromatic heterocycles. The number of nitrogens with one attached hydrogen (secondary N) is 1. The molecule has 2 aromatic carbocycles. The summed E-state index contributed by atoms with van der Waals surface area (Å²) in [5.74, 6) is 0.414. The van der Waals surface area contributed by atoms with Crippen LogP contribution >= 0.6 is 27.3 Å². The molecule has 25 heavy (non-hydrogen) atoms. The summed E-state index contributed by atoms with van der Waals surface area (Å²) in [6.45, 7) is 4.10. The zero-order chi connectivity index (χ0) is 17.8. The van der Waals surface area contributed by atoms with Crippen LogP contribution in [0.15, 0.2) is 52.3 Å². The number of halogens is 1. The Morgan fingerprint density at radius 3 is 2.64 bits per heavy atom. The molecule has 0 unspecified atom stereocenters.